The highest BCUT2D eigenvalue weighted by atomic mass is 127. The fourth-order valence-corrected chi connectivity index (χ4v) is 5.02. The number of hydrogen-bond donors (Lipinski definition) is 0. The second-order valence-corrected chi connectivity index (χ2v) is 8.56. The molecule has 0 amide bonds. The summed E-state index contributed by atoms with van der Waals surface area (Å²) >= 11 is 2.06. The van der Waals surface area contributed by atoms with Crippen molar-refractivity contribution in [1.29, 1.82) is 0 Å². The molecule has 0 radical (unpaired) electrons. The summed E-state index contributed by atoms with van der Waals surface area (Å²) in [5.41, 5.74) is 1.14. The van der Waals surface area contributed by atoms with Gasteiger partial charge >= 0.3 is 0 Å². The summed E-state index contributed by atoms with van der Waals surface area (Å²) in [5.74, 6) is 2.47. The van der Waals surface area contributed by atoms with Crippen molar-refractivity contribution < 1.29 is 9.13 Å². The van der Waals surface area contributed by atoms with E-state index in [1.807, 2.05) is 12.1 Å². The maximum Gasteiger partial charge on any atom is 0.136 e. The van der Waals surface area contributed by atoms with Gasteiger partial charge in [-0.2, -0.15) is 0 Å². The van der Waals surface area contributed by atoms with Gasteiger partial charge in [-0.1, -0.05) is 38.7 Å². The van der Waals surface area contributed by atoms with Crippen LogP contribution < -0.4 is 0 Å². The van der Waals surface area contributed by atoms with Gasteiger partial charge in [0, 0.05) is 3.57 Å². The van der Waals surface area contributed by atoms with Crippen molar-refractivity contribution in [3.63, 3.8) is 0 Å². The zero-order chi connectivity index (χ0) is 16.2. The van der Waals surface area contributed by atoms with Gasteiger partial charge in [-0.15, -0.1) is 0 Å². The fraction of sp³-hybridized carbons (Fsp3) is 0.700. The highest BCUT2D eigenvalue weighted by Crippen LogP contribution is 2.41. The molecule has 0 aromatic heterocycles. The van der Waals surface area contributed by atoms with E-state index in [0.29, 0.717) is 3.57 Å². The summed E-state index contributed by atoms with van der Waals surface area (Å²) in [7, 11) is 0. The van der Waals surface area contributed by atoms with E-state index in [2.05, 4.69) is 29.5 Å². The summed E-state index contributed by atoms with van der Waals surface area (Å²) < 4.78 is 20.3. The van der Waals surface area contributed by atoms with Crippen LogP contribution in [0, 0.1) is 27.1 Å². The number of benzene rings is 1. The third-order valence-electron chi connectivity index (χ3n) is 5.88. The average molecular weight is 430 g/mol. The van der Waals surface area contributed by atoms with Gasteiger partial charge in [0.25, 0.3) is 0 Å². The first kappa shape index (κ1) is 17.7. The van der Waals surface area contributed by atoms with E-state index < -0.39 is 0 Å². The minimum Gasteiger partial charge on any atom is -0.373 e. The van der Waals surface area contributed by atoms with Crippen molar-refractivity contribution in [2.24, 2.45) is 17.8 Å². The van der Waals surface area contributed by atoms with Gasteiger partial charge in [0.1, 0.15) is 5.82 Å². The number of halogens is 2. The van der Waals surface area contributed by atoms with Crippen LogP contribution in [-0.4, -0.2) is 6.61 Å². The highest BCUT2D eigenvalue weighted by molar-refractivity contribution is 14.1. The predicted molar refractivity (Wildman–Crippen MR) is 101 cm³/mol. The van der Waals surface area contributed by atoms with Gasteiger partial charge in [-0.05, 0) is 83.7 Å². The molecule has 1 nitrogen and oxygen atoms in total. The first-order chi connectivity index (χ1) is 11.2. The topological polar surface area (TPSA) is 9.23 Å². The van der Waals surface area contributed by atoms with E-state index in [-0.39, 0.29) is 11.9 Å². The quantitative estimate of drug-likeness (QED) is 0.495. The molecule has 128 valence electrons. The minimum absolute atomic E-state index is 0.133. The molecule has 1 aliphatic carbocycles. The van der Waals surface area contributed by atoms with Gasteiger partial charge in [0.2, 0.25) is 0 Å². The molecule has 1 heterocycles. The molecule has 0 bridgehead atoms. The number of hydrogen-bond acceptors (Lipinski definition) is 1. The van der Waals surface area contributed by atoms with Crippen LogP contribution in [0.2, 0.25) is 0 Å². The van der Waals surface area contributed by atoms with Crippen molar-refractivity contribution in [2.45, 2.75) is 64.4 Å². The maximum absolute atomic E-state index is 13.4. The van der Waals surface area contributed by atoms with Gasteiger partial charge in [0.05, 0.1) is 12.7 Å². The lowest BCUT2D eigenvalue weighted by Gasteiger charge is -2.38. The summed E-state index contributed by atoms with van der Waals surface area (Å²) in [6.07, 6.45) is 10.9. The zero-order valence-electron chi connectivity index (χ0n) is 14.1. The molecule has 1 aromatic carbocycles. The molecule has 2 unspecified atom stereocenters. The second-order valence-electron chi connectivity index (χ2n) is 7.40. The Bertz CT molecular complexity index is 502. The predicted octanol–water partition coefficient (Wildman–Crippen LogP) is 6.50. The molecule has 3 heteroatoms. The van der Waals surface area contributed by atoms with Gasteiger partial charge < -0.3 is 4.74 Å². The molecule has 1 saturated carbocycles. The van der Waals surface area contributed by atoms with E-state index in [0.717, 1.165) is 36.3 Å². The Labute approximate surface area is 153 Å². The Morgan fingerprint density at radius 1 is 1.09 bits per heavy atom. The third kappa shape index (κ3) is 4.47. The molecular weight excluding hydrogens is 402 g/mol. The van der Waals surface area contributed by atoms with Gasteiger partial charge in [0.15, 0.2) is 0 Å². The van der Waals surface area contributed by atoms with Crippen LogP contribution in [-0.2, 0) is 4.74 Å². The van der Waals surface area contributed by atoms with E-state index in [1.165, 1.54) is 44.9 Å². The summed E-state index contributed by atoms with van der Waals surface area (Å²) in [5, 5.41) is 0. The third-order valence-corrected chi connectivity index (χ3v) is 6.71. The molecule has 0 N–H and O–H groups in total. The van der Waals surface area contributed by atoms with E-state index in [4.69, 9.17) is 4.74 Å². The largest absolute Gasteiger partial charge is 0.373 e. The van der Waals surface area contributed by atoms with E-state index in [1.54, 1.807) is 6.07 Å². The fourth-order valence-electron chi connectivity index (χ4n) is 4.48. The smallest absolute Gasteiger partial charge is 0.136 e. The molecule has 0 spiro atoms. The van der Waals surface area contributed by atoms with Crippen LogP contribution in [0.15, 0.2) is 18.2 Å². The van der Waals surface area contributed by atoms with Crippen molar-refractivity contribution in [2.75, 3.05) is 6.61 Å². The lowest BCUT2D eigenvalue weighted by molar-refractivity contribution is -0.0405. The molecule has 2 fully saturated rings. The minimum atomic E-state index is -0.133. The summed E-state index contributed by atoms with van der Waals surface area (Å²) in [6.45, 7) is 3.19. The zero-order valence-corrected chi connectivity index (χ0v) is 16.2. The molecule has 1 aliphatic heterocycles. The van der Waals surface area contributed by atoms with Crippen LogP contribution in [0.5, 0.6) is 0 Å². The number of ether oxygens (including phenoxy) is 1. The van der Waals surface area contributed by atoms with Crippen LogP contribution in [0.4, 0.5) is 4.39 Å². The average Bonchev–Trinajstić information content (AvgIpc) is 2.59. The Morgan fingerprint density at radius 3 is 2.43 bits per heavy atom. The van der Waals surface area contributed by atoms with Crippen LogP contribution in [0.25, 0.3) is 0 Å². The Hall–Kier alpha value is -0.160. The molecular formula is C20H28FIO. The van der Waals surface area contributed by atoms with Crippen molar-refractivity contribution in [1.82, 2.24) is 0 Å². The monoisotopic (exact) mass is 430 g/mol. The van der Waals surface area contributed by atoms with E-state index >= 15 is 0 Å². The molecule has 2 atom stereocenters. The standard InChI is InChI=1S/C20H28FIO/c1-2-3-14-4-6-15(7-5-14)17-9-11-20(23-13-17)16-8-10-18(21)19(22)12-16/h8,10,12,14-15,17,20H,2-7,9,11,13H2,1H3. The van der Waals surface area contributed by atoms with Gasteiger partial charge in [-0.3, -0.25) is 0 Å². The molecule has 3 rings (SSSR count). The van der Waals surface area contributed by atoms with Crippen LogP contribution in [0.1, 0.15) is 70.0 Å². The molecule has 1 aromatic rings. The SMILES string of the molecule is CCCC1CCC(C2CCC(c3ccc(F)c(I)c3)OC2)CC1. The first-order valence-corrected chi connectivity index (χ1v) is 10.3. The summed E-state index contributed by atoms with van der Waals surface area (Å²) in [4.78, 5) is 0. The maximum atomic E-state index is 13.4. The molecule has 23 heavy (non-hydrogen) atoms. The Balaban J connectivity index is 1.50. The lowest BCUT2D eigenvalue weighted by Crippen LogP contribution is -2.29. The lowest BCUT2D eigenvalue weighted by atomic mass is 9.73. The highest BCUT2D eigenvalue weighted by Gasteiger charge is 2.31. The van der Waals surface area contributed by atoms with Crippen LogP contribution >= 0.6 is 22.6 Å². The van der Waals surface area contributed by atoms with Crippen molar-refractivity contribution in [3.8, 4) is 0 Å². The molecule has 1 saturated heterocycles. The van der Waals surface area contributed by atoms with Gasteiger partial charge in [-0.25, -0.2) is 4.39 Å². The summed E-state index contributed by atoms with van der Waals surface area (Å²) in [6, 6.07) is 5.40. The normalized spacial score (nSPS) is 32.0. The Morgan fingerprint density at radius 2 is 1.83 bits per heavy atom. The Kier molecular flexibility index (Phi) is 6.36. The second kappa shape index (κ2) is 8.28. The first-order valence-electron chi connectivity index (χ1n) is 9.24. The number of rotatable bonds is 4. The van der Waals surface area contributed by atoms with Crippen LogP contribution in [0.3, 0.4) is 0 Å². The van der Waals surface area contributed by atoms with E-state index in [9.17, 15) is 4.39 Å². The molecule has 2 aliphatic rings. The van der Waals surface area contributed by atoms with Crippen molar-refractivity contribution >= 4 is 22.6 Å². The van der Waals surface area contributed by atoms with Crippen molar-refractivity contribution in [3.05, 3.63) is 33.1 Å².